The summed E-state index contributed by atoms with van der Waals surface area (Å²) in [5.74, 6) is 1.65. The molecule has 3 aromatic rings. The van der Waals surface area contributed by atoms with Gasteiger partial charge in [-0.15, -0.1) is 0 Å². The van der Waals surface area contributed by atoms with Gasteiger partial charge in [-0.3, -0.25) is 14.6 Å². The zero-order chi connectivity index (χ0) is 18.4. The van der Waals surface area contributed by atoms with E-state index in [9.17, 15) is 4.79 Å². The molecular weight excluding hydrogens is 348 g/mol. The number of morpholine rings is 1. The summed E-state index contributed by atoms with van der Waals surface area (Å²) >= 11 is 0. The molecule has 2 aliphatic heterocycles. The molecule has 9 heteroatoms. The lowest BCUT2D eigenvalue weighted by Gasteiger charge is -2.34. The number of H-pyrrole nitrogens is 1. The van der Waals surface area contributed by atoms with E-state index in [0.29, 0.717) is 26.4 Å². The van der Waals surface area contributed by atoms with Crippen LogP contribution in [0.15, 0.2) is 30.6 Å². The Hall–Kier alpha value is -3.07. The number of hydrogen-bond donors (Lipinski definition) is 1. The van der Waals surface area contributed by atoms with Gasteiger partial charge in [0.05, 0.1) is 37.7 Å². The standard InChI is InChI=1S/C18H20N6O3/c1-12-11-26-8-6-22(12)16-10-14(23-7-9-27-18(23)25)13-3-5-24(17(13)20-16)15-2-4-19-21-15/h2-5,10,12H,6-9,11H2,1H3,(H,19,21)/t12-/m1/s1. The van der Waals surface area contributed by atoms with Crippen LogP contribution in [0.3, 0.4) is 0 Å². The molecule has 2 fully saturated rings. The molecule has 2 aliphatic rings. The quantitative estimate of drug-likeness (QED) is 0.760. The number of anilines is 2. The number of nitrogens with zero attached hydrogens (tertiary/aromatic N) is 5. The molecule has 0 aromatic carbocycles. The highest BCUT2D eigenvalue weighted by Gasteiger charge is 2.29. The number of hydrogen-bond acceptors (Lipinski definition) is 6. The lowest BCUT2D eigenvalue weighted by atomic mass is 10.2. The van der Waals surface area contributed by atoms with Crippen molar-refractivity contribution in [3.05, 3.63) is 30.6 Å². The first-order valence-electron chi connectivity index (χ1n) is 9.03. The van der Waals surface area contributed by atoms with Crippen molar-refractivity contribution in [3.8, 4) is 5.82 Å². The van der Waals surface area contributed by atoms with Crippen molar-refractivity contribution in [2.45, 2.75) is 13.0 Å². The first kappa shape index (κ1) is 16.1. The van der Waals surface area contributed by atoms with Gasteiger partial charge in [0, 0.05) is 30.3 Å². The number of amides is 1. The molecule has 2 saturated heterocycles. The third-order valence-electron chi connectivity index (χ3n) is 5.08. The third kappa shape index (κ3) is 2.62. The fourth-order valence-electron chi connectivity index (χ4n) is 3.71. The number of carbonyl (C=O) groups excluding carboxylic acids is 1. The molecule has 0 radical (unpaired) electrons. The summed E-state index contributed by atoms with van der Waals surface area (Å²) in [6.07, 6.45) is 3.31. The van der Waals surface area contributed by atoms with E-state index in [0.717, 1.165) is 34.9 Å². The number of aromatic amines is 1. The van der Waals surface area contributed by atoms with Gasteiger partial charge in [-0.2, -0.15) is 5.10 Å². The predicted octanol–water partition coefficient (Wildman–Crippen LogP) is 1.93. The molecule has 0 spiro atoms. The molecule has 27 heavy (non-hydrogen) atoms. The van der Waals surface area contributed by atoms with E-state index >= 15 is 0 Å². The Morgan fingerprint density at radius 1 is 1.26 bits per heavy atom. The normalized spacial score (nSPS) is 20.5. The van der Waals surface area contributed by atoms with Gasteiger partial charge >= 0.3 is 6.09 Å². The molecule has 0 aliphatic carbocycles. The highest BCUT2D eigenvalue weighted by molar-refractivity contribution is 6.02. The lowest BCUT2D eigenvalue weighted by molar-refractivity contribution is 0.0985. The average molecular weight is 368 g/mol. The molecular formula is C18H20N6O3. The topological polar surface area (TPSA) is 88.5 Å². The van der Waals surface area contributed by atoms with Gasteiger partial charge in [-0.25, -0.2) is 9.78 Å². The van der Waals surface area contributed by atoms with E-state index in [4.69, 9.17) is 14.5 Å². The number of nitrogens with one attached hydrogen (secondary N) is 1. The number of aromatic nitrogens is 4. The van der Waals surface area contributed by atoms with E-state index < -0.39 is 0 Å². The second kappa shape index (κ2) is 6.27. The van der Waals surface area contributed by atoms with E-state index in [1.165, 1.54) is 0 Å². The second-order valence-corrected chi connectivity index (χ2v) is 6.75. The van der Waals surface area contributed by atoms with Crippen molar-refractivity contribution >= 4 is 28.6 Å². The van der Waals surface area contributed by atoms with Gasteiger partial charge < -0.3 is 14.4 Å². The van der Waals surface area contributed by atoms with Crippen molar-refractivity contribution in [2.24, 2.45) is 0 Å². The molecule has 5 heterocycles. The van der Waals surface area contributed by atoms with Gasteiger partial charge in [0.25, 0.3) is 0 Å². The monoisotopic (exact) mass is 368 g/mol. The van der Waals surface area contributed by atoms with Crippen molar-refractivity contribution in [1.82, 2.24) is 19.7 Å². The van der Waals surface area contributed by atoms with E-state index in [2.05, 4.69) is 22.0 Å². The van der Waals surface area contributed by atoms with Crippen LogP contribution in [-0.2, 0) is 9.47 Å². The first-order chi connectivity index (χ1) is 13.2. The van der Waals surface area contributed by atoms with Gasteiger partial charge in [0.15, 0.2) is 0 Å². The fourth-order valence-corrected chi connectivity index (χ4v) is 3.71. The second-order valence-electron chi connectivity index (χ2n) is 6.75. The molecule has 5 rings (SSSR count). The number of pyridine rings is 1. The molecule has 0 bridgehead atoms. The molecule has 140 valence electrons. The van der Waals surface area contributed by atoms with Crippen LogP contribution >= 0.6 is 0 Å². The van der Waals surface area contributed by atoms with Crippen molar-refractivity contribution < 1.29 is 14.3 Å². The van der Waals surface area contributed by atoms with Gasteiger partial charge in [0.1, 0.15) is 23.9 Å². The molecule has 0 unspecified atom stereocenters. The van der Waals surface area contributed by atoms with Crippen LogP contribution in [0.5, 0.6) is 0 Å². The summed E-state index contributed by atoms with van der Waals surface area (Å²) in [5, 5.41) is 7.90. The van der Waals surface area contributed by atoms with Gasteiger partial charge in [-0.05, 0) is 13.0 Å². The molecule has 1 atom stereocenters. The minimum absolute atomic E-state index is 0.206. The van der Waals surface area contributed by atoms with Crippen LogP contribution in [-0.4, -0.2) is 64.8 Å². The highest BCUT2D eigenvalue weighted by Crippen LogP contribution is 2.34. The Kier molecular flexibility index (Phi) is 3.75. The molecule has 9 nitrogen and oxygen atoms in total. The average Bonchev–Trinajstić information content (AvgIpc) is 3.41. The predicted molar refractivity (Wildman–Crippen MR) is 99.5 cm³/mol. The van der Waals surface area contributed by atoms with Gasteiger partial charge in [0.2, 0.25) is 0 Å². The first-order valence-corrected chi connectivity index (χ1v) is 9.03. The van der Waals surface area contributed by atoms with Crippen LogP contribution in [0.4, 0.5) is 16.3 Å². The maximum absolute atomic E-state index is 12.2. The lowest BCUT2D eigenvalue weighted by Crippen LogP contribution is -2.44. The fraction of sp³-hybridized carbons (Fsp3) is 0.389. The number of ether oxygens (including phenoxy) is 2. The molecule has 1 amide bonds. The van der Waals surface area contributed by atoms with Crippen LogP contribution in [0.2, 0.25) is 0 Å². The summed E-state index contributed by atoms with van der Waals surface area (Å²) in [7, 11) is 0. The smallest absolute Gasteiger partial charge is 0.414 e. The zero-order valence-corrected chi connectivity index (χ0v) is 15.0. The summed E-state index contributed by atoms with van der Waals surface area (Å²) in [5.41, 5.74) is 1.58. The number of fused-ring (bicyclic) bond motifs is 1. The Labute approximate surface area is 155 Å². The SMILES string of the molecule is C[C@@H]1COCCN1c1cc(N2CCOC2=O)c2ccn(-c3ccn[nH]3)c2n1. The molecule has 3 aromatic heterocycles. The third-order valence-corrected chi connectivity index (χ3v) is 5.08. The number of carbonyl (C=O) groups is 1. The van der Waals surface area contributed by atoms with Crippen LogP contribution < -0.4 is 9.80 Å². The van der Waals surface area contributed by atoms with Crippen molar-refractivity contribution in [2.75, 3.05) is 42.7 Å². The Bertz CT molecular complexity index is 983. The van der Waals surface area contributed by atoms with Crippen LogP contribution in [0.25, 0.3) is 16.9 Å². The van der Waals surface area contributed by atoms with Crippen LogP contribution in [0, 0.1) is 0 Å². The zero-order valence-electron chi connectivity index (χ0n) is 15.0. The Morgan fingerprint density at radius 2 is 2.19 bits per heavy atom. The largest absolute Gasteiger partial charge is 0.447 e. The summed E-state index contributed by atoms with van der Waals surface area (Å²) in [6.45, 7) is 5.12. The molecule has 0 saturated carbocycles. The highest BCUT2D eigenvalue weighted by atomic mass is 16.6. The Morgan fingerprint density at radius 3 is 2.93 bits per heavy atom. The maximum atomic E-state index is 12.2. The van der Waals surface area contributed by atoms with E-state index in [-0.39, 0.29) is 12.1 Å². The van der Waals surface area contributed by atoms with Crippen molar-refractivity contribution in [3.63, 3.8) is 0 Å². The van der Waals surface area contributed by atoms with Gasteiger partial charge in [-0.1, -0.05) is 0 Å². The van der Waals surface area contributed by atoms with Crippen molar-refractivity contribution in [1.29, 1.82) is 0 Å². The summed E-state index contributed by atoms with van der Waals surface area (Å²) < 4.78 is 12.7. The van der Waals surface area contributed by atoms with Crippen LogP contribution in [0.1, 0.15) is 6.92 Å². The van der Waals surface area contributed by atoms with E-state index in [1.54, 1.807) is 11.1 Å². The summed E-state index contributed by atoms with van der Waals surface area (Å²) in [6, 6.07) is 6.04. The molecule has 1 N–H and O–H groups in total. The van der Waals surface area contributed by atoms with E-state index in [1.807, 2.05) is 29.0 Å². The maximum Gasteiger partial charge on any atom is 0.414 e. The number of cyclic esters (lactones) is 1. The summed E-state index contributed by atoms with van der Waals surface area (Å²) in [4.78, 5) is 21.1. The minimum atomic E-state index is -0.322. The minimum Gasteiger partial charge on any atom is -0.447 e. The Balaban J connectivity index is 1.70. The number of rotatable bonds is 3.